The van der Waals surface area contributed by atoms with Crippen molar-refractivity contribution in [1.82, 2.24) is 10.2 Å². The second kappa shape index (κ2) is 7.95. The summed E-state index contributed by atoms with van der Waals surface area (Å²) in [6.07, 6.45) is -0.760. The third-order valence-corrected chi connectivity index (χ3v) is 3.16. The number of nitrogens with zero attached hydrogens (tertiary/aromatic N) is 1. The first-order valence-corrected chi connectivity index (χ1v) is 7.06. The summed E-state index contributed by atoms with van der Waals surface area (Å²) in [6, 6.07) is 6.31. The molecule has 1 fully saturated rings. The molecule has 1 N–H and O–H groups in total. The third kappa shape index (κ3) is 4.45. The van der Waals surface area contributed by atoms with Crippen LogP contribution in [0, 0.1) is 0 Å². The normalized spacial score (nSPS) is 13.2. The smallest absolute Gasteiger partial charge is 0.416 e. The number of cyclic esters (lactones) is 1. The van der Waals surface area contributed by atoms with E-state index in [0.29, 0.717) is 11.3 Å². The number of hydrogen-bond acceptors (Lipinski definition) is 7. The van der Waals surface area contributed by atoms with Crippen molar-refractivity contribution in [2.24, 2.45) is 0 Å². The maximum absolute atomic E-state index is 11.8. The number of esters is 1. The van der Waals surface area contributed by atoms with Crippen LogP contribution in [0.5, 0.6) is 5.75 Å². The van der Waals surface area contributed by atoms with E-state index in [9.17, 15) is 19.2 Å². The molecule has 0 unspecified atom stereocenters. The molecule has 0 atom stereocenters. The lowest BCUT2D eigenvalue weighted by Crippen LogP contribution is -2.37. The predicted octanol–water partition coefficient (Wildman–Crippen LogP) is -0.0530. The van der Waals surface area contributed by atoms with E-state index in [1.165, 1.54) is 7.11 Å². The van der Waals surface area contributed by atoms with Gasteiger partial charge in [0.25, 0.3) is 11.8 Å². The van der Waals surface area contributed by atoms with Gasteiger partial charge in [0.15, 0.2) is 6.61 Å². The van der Waals surface area contributed by atoms with Crippen molar-refractivity contribution >= 4 is 23.9 Å². The second-order valence-electron chi connectivity index (χ2n) is 4.73. The van der Waals surface area contributed by atoms with E-state index in [2.05, 4.69) is 10.1 Å². The van der Waals surface area contributed by atoms with Crippen molar-refractivity contribution < 1.29 is 33.4 Å². The van der Waals surface area contributed by atoms with Crippen LogP contribution in [0.25, 0.3) is 0 Å². The van der Waals surface area contributed by atoms with E-state index in [-0.39, 0.29) is 13.2 Å². The molecule has 1 aromatic rings. The fraction of sp³-hybridized carbons (Fsp3) is 0.333. The van der Waals surface area contributed by atoms with E-state index in [0.717, 1.165) is 4.90 Å². The molecule has 1 saturated heterocycles. The fourth-order valence-electron chi connectivity index (χ4n) is 1.89. The number of ether oxygens (including phenoxy) is 3. The Labute approximate surface area is 137 Å². The molecule has 0 bridgehead atoms. The van der Waals surface area contributed by atoms with E-state index in [4.69, 9.17) is 9.47 Å². The van der Waals surface area contributed by atoms with Crippen molar-refractivity contribution in [3.63, 3.8) is 0 Å². The summed E-state index contributed by atoms with van der Waals surface area (Å²) < 4.78 is 14.3. The Morgan fingerprint density at radius 1 is 1.25 bits per heavy atom. The number of nitrogens with one attached hydrogen (secondary N) is 1. The quantitative estimate of drug-likeness (QED) is 0.725. The number of imide groups is 1. The molecule has 1 aliphatic rings. The molecule has 0 aromatic heterocycles. The largest absolute Gasteiger partial charge is 0.497 e. The first-order valence-electron chi connectivity index (χ1n) is 7.06. The van der Waals surface area contributed by atoms with Crippen molar-refractivity contribution in [2.75, 3.05) is 33.4 Å². The van der Waals surface area contributed by atoms with Crippen molar-refractivity contribution in [3.05, 3.63) is 29.8 Å². The summed E-state index contributed by atoms with van der Waals surface area (Å²) in [5, 5.41) is 2.37. The van der Waals surface area contributed by atoms with Crippen LogP contribution >= 0.6 is 0 Å². The zero-order valence-corrected chi connectivity index (χ0v) is 12.9. The topological polar surface area (TPSA) is 111 Å². The highest BCUT2D eigenvalue weighted by Gasteiger charge is 2.28. The van der Waals surface area contributed by atoms with Gasteiger partial charge in [0.2, 0.25) is 0 Å². The highest BCUT2D eigenvalue weighted by Crippen LogP contribution is 2.11. The summed E-state index contributed by atoms with van der Waals surface area (Å²) in [7, 11) is 1.51. The summed E-state index contributed by atoms with van der Waals surface area (Å²) in [5.74, 6) is -1.33. The molecule has 128 valence electrons. The van der Waals surface area contributed by atoms with Crippen LogP contribution < -0.4 is 10.1 Å². The Morgan fingerprint density at radius 3 is 2.54 bits per heavy atom. The van der Waals surface area contributed by atoms with Crippen molar-refractivity contribution in [2.45, 2.75) is 0 Å². The average Bonchev–Trinajstić information content (AvgIpc) is 3.03. The van der Waals surface area contributed by atoms with Crippen LogP contribution in [0.2, 0.25) is 0 Å². The molecule has 1 heterocycles. The first kappa shape index (κ1) is 17.3. The molecule has 9 heteroatoms. The standard InChI is InChI=1S/C15H16N2O7/c1-22-11-4-2-10(3-5-11)14(20)16-8-13(19)24-9-12(18)17-6-7-23-15(17)21/h2-5H,6-9H2,1H3,(H,16,20). The zero-order chi connectivity index (χ0) is 17.5. The van der Waals surface area contributed by atoms with Gasteiger partial charge in [-0.2, -0.15) is 0 Å². The number of carbonyl (C=O) groups excluding carboxylic acids is 4. The van der Waals surface area contributed by atoms with E-state index < -0.39 is 37.0 Å². The Balaban J connectivity index is 1.73. The Morgan fingerprint density at radius 2 is 1.96 bits per heavy atom. The molecule has 0 aliphatic carbocycles. The van der Waals surface area contributed by atoms with Gasteiger partial charge in [0, 0.05) is 5.56 Å². The lowest BCUT2D eigenvalue weighted by atomic mass is 10.2. The minimum atomic E-state index is -0.794. The number of benzene rings is 1. The van der Waals surface area contributed by atoms with Gasteiger partial charge in [0.05, 0.1) is 13.7 Å². The molecule has 1 aromatic carbocycles. The summed E-state index contributed by atoms with van der Waals surface area (Å²) >= 11 is 0. The Kier molecular flexibility index (Phi) is 5.72. The highest BCUT2D eigenvalue weighted by molar-refractivity contribution is 5.97. The number of methoxy groups -OCH3 is 1. The van der Waals surface area contributed by atoms with Gasteiger partial charge >= 0.3 is 12.1 Å². The molecule has 0 spiro atoms. The van der Waals surface area contributed by atoms with Gasteiger partial charge in [-0.25, -0.2) is 9.69 Å². The molecule has 9 nitrogen and oxygen atoms in total. The van der Waals surface area contributed by atoms with Gasteiger partial charge in [-0.15, -0.1) is 0 Å². The molecular weight excluding hydrogens is 320 g/mol. The molecule has 0 radical (unpaired) electrons. The van der Waals surface area contributed by atoms with Gasteiger partial charge < -0.3 is 19.5 Å². The first-order chi connectivity index (χ1) is 11.5. The lowest BCUT2D eigenvalue weighted by molar-refractivity contribution is -0.149. The van der Waals surface area contributed by atoms with Crippen LogP contribution in [-0.2, 0) is 19.1 Å². The van der Waals surface area contributed by atoms with E-state index >= 15 is 0 Å². The number of rotatable bonds is 6. The monoisotopic (exact) mass is 336 g/mol. The van der Waals surface area contributed by atoms with Crippen LogP contribution in [0.4, 0.5) is 4.79 Å². The van der Waals surface area contributed by atoms with E-state index in [1.54, 1.807) is 24.3 Å². The van der Waals surface area contributed by atoms with Crippen molar-refractivity contribution in [3.8, 4) is 5.75 Å². The van der Waals surface area contributed by atoms with Crippen LogP contribution in [0.1, 0.15) is 10.4 Å². The van der Waals surface area contributed by atoms with Crippen molar-refractivity contribution in [1.29, 1.82) is 0 Å². The van der Waals surface area contributed by atoms with Crippen LogP contribution in [-0.4, -0.2) is 62.2 Å². The molecular formula is C15H16N2O7. The van der Waals surface area contributed by atoms with Gasteiger partial charge in [-0.3, -0.25) is 14.4 Å². The van der Waals surface area contributed by atoms with Crippen LogP contribution in [0.3, 0.4) is 0 Å². The summed E-state index contributed by atoms with van der Waals surface area (Å²) in [6.45, 7) is -0.741. The zero-order valence-electron chi connectivity index (χ0n) is 12.9. The molecule has 0 saturated carbocycles. The van der Waals surface area contributed by atoms with Gasteiger partial charge in [-0.1, -0.05) is 0 Å². The molecule has 3 amide bonds. The number of hydrogen-bond donors (Lipinski definition) is 1. The highest BCUT2D eigenvalue weighted by atomic mass is 16.6. The maximum Gasteiger partial charge on any atom is 0.416 e. The SMILES string of the molecule is COc1ccc(C(=O)NCC(=O)OCC(=O)N2CCOC2=O)cc1. The second-order valence-corrected chi connectivity index (χ2v) is 4.73. The van der Waals surface area contributed by atoms with Gasteiger partial charge in [-0.05, 0) is 24.3 Å². The summed E-state index contributed by atoms with van der Waals surface area (Å²) in [4.78, 5) is 47.0. The van der Waals surface area contributed by atoms with Gasteiger partial charge in [0.1, 0.15) is 18.9 Å². The summed E-state index contributed by atoms with van der Waals surface area (Å²) in [5.41, 5.74) is 0.347. The lowest BCUT2D eigenvalue weighted by Gasteiger charge is -2.11. The minimum Gasteiger partial charge on any atom is -0.497 e. The Bertz CT molecular complexity index is 642. The molecule has 1 aliphatic heterocycles. The molecule has 24 heavy (non-hydrogen) atoms. The number of carbonyl (C=O) groups is 4. The third-order valence-electron chi connectivity index (χ3n) is 3.16. The fourth-order valence-corrected chi connectivity index (χ4v) is 1.89. The Hall–Kier alpha value is -3.10. The minimum absolute atomic E-state index is 0.121. The van der Waals surface area contributed by atoms with Crippen LogP contribution in [0.15, 0.2) is 24.3 Å². The predicted molar refractivity (Wildman–Crippen MR) is 79.3 cm³/mol. The number of amides is 3. The van der Waals surface area contributed by atoms with E-state index in [1.807, 2.05) is 0 Å². The maximum atomic E-state index is 11.8. The average molecular weight is 336 g/mol. The molecule has 2 rings (SSSR count).